The monoisotopic (exact) mass is 173 g/mol. The molecule has 1 heterocycles. The van der Waals surface area contributed by atoms with Gasteiger partial charge in [0.25, 0.3) is 0 Å². The molecule has 0 spiro atoms. The SMILES string of the molecule is CCCCc1nnn(C)c1Cl. The Bertz CT molecular complexity index is 232. The largest absolute Gasteiger partial charge is 0.237 e. The van der Waals surface area contributed by atoms with Crippen LogP contribution in [0.15, 0.2) is 0 Å². The van der Waals surface area contributed by atoms with Gasteiger partial charge >= 0.3 is 0 Å². The summed E-state index contributed by atoms with van der Waals surface area (Å²) in [5.41, 5.74) is 0.913. The fraction of sp³-hybridized carbons (Fsp3) is 0.714. The molecule has 1 aromatic rings. The van der Waals surface area contributed by atoms with Crippen molar-refractivity contribution >= 4 is 11.6 Å². The molecule has 1 rings (SSSR count). The fourth-order valence-corrected chi connectivity index (χ4v) is 1.05. The van der Waals surface area contributed by atoms with Crippen LogP contribution in [0.1, 0.15) is 25.5 Å². The molecule has 0 amide bonds. The number of rotatable bonds is 3. The van der Waals surface area contributed by atoms with Crippen LogP contribution in [0.2, 0.25) is 5.15 Å². The lowest BCUT2D eigenvalue weighted by molar-refractivity contribution is 0.711. The summed E-state index contributed by atoms with van der Waals surface area (Å²) in [5.74, 6) is 0. The normalized spacial score (nSPS) is 10.5. The number of aromatic nitrogens is 3. The first kappa shape index (κ1) is 8.53. The molecule has 0 bridgehead atoms. The molecule has 0 unspecified atom stereocenters. The van der Waals surface area contributed by atoms with Crippen molar-refractivity contribution in [3.8, 4) is 0 Å². The van der Waals surface area contributed by atoms with Gasteiger partial charge in [-0.2, -0.15) is 0 Å². The van der Waals surface area contributed by atoms with Gasteiger partial charge in [0.05, 0.1) is 0 Å². The molecule has 0 aliphatic carbocycles. The van der Waals surface area contributed by atoms with E-state index in [4.69, 9.17) is 11.6 Å². The molecular formula is C7H12ClN3. The van der Waals surface area contributed by atoms with Crippen molar-refractivity contribution in [3.05, 3.63) is 10.8 Å². The predicted octanol–water partition coefficient (Wildman–Crippen LogP) is 1.81. The molecule has 3 nitrogen and oxygen atoms in total. The third kappa shape index (κ3) is 1.93. The average Bonchev–Trinajstić information content (AvgIpc) is 2.31. The van der Waals surface area contributed by atoms with E-state index in [-0.39, 0.29) is 0 Å². The third-order valence-electron chi connectivity index (χ3n) is 1.59. The zero-order valence-electron chi connectivity index (χ0n) is 6.84. The van der Waals surface area contributed by atoms with E-state index >= 15 is 0 Å². The van der Waals surface area contributed by atoms with Crippen LogP contribution < -0.4 is 0 Å². The zero-order valence-corrected chi connectivity index (χ0v) is 7.60. The molecule has 11 heavy (non-hydrogen) atoms. The number of halogens is 1. The molecule has 4 heteroatoms. The molecule has 0 aromatic carbocycles. The molecular weight excluding hydrogens is 162 g/mol. The first-order valence-electron chi connectivity index (χ1n) is 3.79. The number of hydrogen-bond acceptors (Lipinski definition) is 2. The molecule has 0 N–H and O–H groups in total. The molecule has 0 atom stereocenters. The maximum Gasteiger partial charge on any atom is 0.150 e. The molecule has 62 valence electrons. The van der Waals surface area contributed by atoms with Gasteiger partial charge in [0, 0.05) is 7.05 Å². The lowest BCUT2D eigenvalue weighted by Crippen LogP contribution is -1.89. The van der Waals surface area contributed by atoms with Gasteiger partial charge in [-0.1, -0.05) is 30.2 Å². The van der Waals surface area contributed by atoms with Gasteiger partial charge in [-0.05, 0) is 12.8 Å². The quantitative estimate of drug-likeness (QED) is 0.698. The van der Waals surface area contributed by atoms with Gasteiger partial charge in [0.15, 0.2) is 0 Å². The van der Waals surface area contributed by atoms with Crippen molar-refractivity contribution in [2.75, 3.05) is 0 Å². The Labute approximate surface area is 71.4 Å². The van der Waals surface area contributed by atoms with Gasteiger partial charge in [-0.15, -0.1) is 5.10 Å². The molecule has 0 fully saturated rings. The lowest BCUT2D eigenvalue weighted by atomic mass is 10.2. The van der Waals surface area contributed by atoms with E-state index in [9.17, 15) is 0 Å². The Hall–Kier alpha value is -0.570. The van der Waals surface area contributed by atoms with Crippen molar-refractivity contribution in [3.63, 3.8) is 0 Å². The first-order valence-corrected chi connectivity index (χ1v) is 4.17. The van der Waals surface area contributed by atoms with E-state index in [0.717, 1.165) is 25.0 Å². The lowest BCUT2D eigenvalue weighted by Gasteiger charge is -1.93. The summed E-state index contributed by atoms with van der Waals surface area (Å²) >= 11 is 5.88. The number of nitrogens with zero attached hydrogens (tertiary/aromatic N) is 3. The molecule has 0 radical (unpaired) electrons. The minimum absolute atomic E-state index is 0.665. The van der Waals surface area contributed by atoms with Crippen LogP contribution in [-0.2, 0) is 13.5 Å². The van der Waals surface area contributed by atoms with Gasteiger partial charge in [0.1, 0.15) is 10.8 Å². The zero-order chi connectivity index (χ0) is 8.27. The van der Waals surface area contributed by atoms with Gasteiger partial charge < -0.3 is 0 Å². The maximum absolute atomic E-state index is 5.88. The second-order valence-electron chi connectivity index (χ2n) is 2.55. The van der Waals surface area contributed by atoms with E-state index < -0.39 is 0 Å². The summed E-state index contributed by atoms with van der Waals surface area (Å²) in [4.78, 5) is 0. The summed E-state index contributed by atoms with van der Waals surface area (Å²) in [7, 11) is 1.80. The highest BCUT2D eigenvalue weighted by atomic mass is 35.5. The Balaban J connectivity index is 2.63. The highest BCUT2D eigenvalue weighted by molar-refractivity contribution is 6.30. The Morgan fingerprint density at radius 3 is 2.73 bits per heavy atom. The first-order chi connectivity index (χ1) is 5.25. The van der Waals surface area contributed by atoms with Crippen molar-refractivity contribution in [1.29, 1.82) is 0 Å². The molecule has 0 saturated carbocycles. The molecule has 0 aliphatic rings. The van der Waals surface area contributed by atoms with Crippen LogP contribution in [0, 0.1) is 0 Å². The molecule has 1 aromatic heterocycles. The minimum atomic E-state index is 0.665. The van der Waals surface area contributed by atoms with E-state index in [1.165, 1.54) is 0 Å². The maximum atomic E-state index is 5.88. The van der Waals surface area contributed by atoms with Gasteiger partial charge in [-0.25, -0.2) is 4.68 Å². The van der Waals surface area contributed by atoms with Crippen LogP contribution >= 0.6 is 11.6 Å². The van der Waals surface area contributed by atoms with Gasteiger partial charge in [-0.3, -0.25) is 0 Å². The van der Waals surface area contributed by atoms with Crippen LogP contribution in [0.3, 0.4) is 0 Å². The summed E-state index contributed by atoms with van der Waals surface area (Å²) < 4.78 is 1.59. The topological polar surface area (TPSA) is 30.7 Å². The smallest absolute Gasteiger partial charge is 0.150 e. The van der Waals surface area contributed by atoms with Crippen molar-refractivity contribution in [2.45, 2.75) is 26.2 Å². The second kappa shape index (κ2) is 3.72. The van der Waals surface area contributed by atoms with Crippen molar-refractivity contribution < 1.29 is 0 Å². The number of unbranched alkanes of at least 4 members (excludes halogenated alkanes) is 1. The summed E-state index contributed by atoms with van der Waals surface area (Å²) in [6.07, 6.45) is 3.22. The Morgan fingerprint density at radius 1 is 1.55 bits per heavy atom. The average molecular weight is 174 g/mol. The van der Waals surface area contributed by atoms with Crippen LogP contribution in [0.25, 0.3) is 0 Å². The Kier molecular flexibility index (Phi) is 2.88. The highest BCUT2D eigenvalue weighted by Gasteiger charge is 2.05. The van der Waals surface area contributed by atoms with E-state index in [0.29, 0.717) is 5.15 Å². The molecule has 0 aliphatic heterocycles. The van der Waals surface area contributed by atoms with Crippen molar-refractivity contribution in [1.82, 2.24) is 15.0 Å². The van der Waals surface area contributed by atoms with E-state index in [2.05, 4.69) is 17.2 Å². The summed E-state index contributed by atoms with van der Waals surface area (Å²) in [6.45, 7) is 2.14. The van der Waals surface area contributed by atoms with Crippen LogP contribution in [0.4, 0.5) is 0 Å². The third-order valence-corrected chi connectivity index (χ3v) is 2.05. The fourth-order valence-electron chi connectivity index (χ4n) is 0.886. The van der Waals surface area contributed by atoms with E-state index in [1.54, 1.807) is 11.7 Å². The summed E-state index contributed by atoms with van der Waals surface area (Å²) in [6, 6.07) is 0. The number of hydrogen-bond donors (Lipinski definition) is 0. The van der Waals surface area contributed by atoms with Gasteiger partial charge in [0.2, 0.25) is 0 Å². The number of aryl methyl sites for hydroxylation is 2. The molecule has 0 saturated heterocycles. The second-order valence-corrected chi connectivity index (χ2v) is 2.91. The van der Waals surface area contributed by atoms with E-state index in [1.807, 2.05) is 0 Å². The highest BCUT2D eigenvalue weighted by Crippen LogP contribution is 2.13. The summed E-state index contributed by atoms with van der Waals surface area (Å²) in [5, 5.41) is 8.40. The predicted molar refractivity (Wildman–Crippen MR) is 44.6 cm³/mol. The Morgan fingerprint density at radius 2 is 2.27 bits per heavy atom. The standard InChI is InChI=1S/C7H12ClN3/c1-3-4-5-6-7(8)11(2)10-9-6/h3-5H2,1-2H3. The van der Waals surface area contributed by atoms with Crippen LogP contribution in [0.5, 0.6) is 0 Å². The minimum Gasteiger partial charge on any atom is -0.237 e. The van der Waals surface area contributed by atoms with Crippen molar-refractivity contribution in [2.24, 2.45) is 7.05 Å². The van der Waals surface area contributed by atoms with Crippen LogP contribution in [-0.4, -0.2) is 15.0 Å².